The van der Waals surface area contributed by atoms with Crippen molar-refractivity contribution in [3.8, 4) is 0 Å². The minimum absolute atomic E-state index is 0. The van der Waals surface area contributed by atoms with Crippen LogP contribution in [0, 0.1) is 0 Å². The lowest BCUT2D eigenvalue weighted by atomic mass is 10.1. The van der Waals surface area contributed by atoms with Crippen molar-refractivity contribution >= 4 is 5.97 Å². The van der Waals surface area contributed by atoms with Gasteiger partial charge in [-0.25, -0.2) is 0 Å². The van der Waals surface area contributed by atoms with Gasteiger partial charge < -0.3 is 11.3 Å². The Morgan fingerprint density at radius 2 is 1.00 bits per heavy atom. The molecule has 0 bridgehead atoms. The number of hydrogen-bond acceptors (Lipinski definition) is 2. The van der Waals surface area contributed by atoms with Crippen LogP contribution >= 0.6 is 0 Å². The fourth-order valence-corrected chi connectivity index (χ4v) is 1.73. The summed E-state index contributed by atoms with van der Waals surface area (Å²) < 4.78 is 0. The van der Waals surface area contributed by atoms with Crippen LogP contribution in [0.5, 0.6) is 0 Å². The van der Waals surface area contributed by atoms with Crippen molar-refractivity contribution < 1.29 is 9.90 Å². The average Bonchev–Trinajstić information content (AvgIpc) is 2.35. The van der Waals surface area contributed by atoms with Gasteiger partial charge in [-0.3, -0.25) is 4.79 Å². The Balaban J connectivity index is -0.000000262. The fourth-order valence-electron chi connectivity index (χ4n) is 1.73. The summed E-state index contributed by atoms with van der Waals surface area (Å²) in [6.07, 6.45) is 14.4. The van der Waals surface area contributed by atoms with Crippen molar-refractivity contribution in [1.29, 1.82) is 0 Å². The second-order valence-electron chi connectivity index (χ2n) is 4.97. The molecule has 19 heavy (non-hydrogen) atoms. The summed E-state index contributed by atoms with van der Waals surface area (Å²) in [6, 6.07) is 0. The molecule has 118 valence electrons. The van der Waals surface area contributed by atoms with Gasteiger partial charge in [-0.05, 0) is 6.42 Å². The Morgan fingerprint density at radius 3 is 1.26 bits per heavy atom. The monoisotopic (exact) mass is 275 g/mol. The third-order valence-electron chi connectivity index (χ3n) is 2.95. The number of unbranched alkanes of at least 4 members (excludes halogenated alkanes) is 9. The quantitative estimate of drug-likeness (QED) is 0.457. The number of carboxylic acid groups (broad SMARTS) is 1. The summed E-state index contributed by atoms with van der Waals surface area (Å²) in [7, 11) is 0. The van der Waals surface area contributed by atoms with E-state index in [9.17, 15) is 4.79 Å². The molecule has 0 heterocycles. The zero-order chi connectivity index (χ0) is 14.1. The second kappa shape index (κ2) is 22.6. The number of carboxylic acids is 1. The summed E-state index contributed by atoms with van der Waals surface area (Å²) in [6.45, 7) is 6.66. The Labute approximate surface area is 120 Å². The van der Waals surface area contributed by atoms with E-state index in [1.54, 1.807) is 0 Å². The zero-order valence-electron chi connectivity index (χ0n) is 13.5. The fraction of sp³-hybridized carbons (Fsp3) is 0.938. The van der Waals surface area contributed by atoms with Gasteiger partial charge in [0.1, 0.15) is 0 Å². The molecule has 0 rings (SSSR count). The molecule has 0 aromatic heterocycles. The highest BCUT2D eigenvalue weighted by Crippen LogP contribution is 2.04. The van der Waals surface area contributed by atoms with Crippen LogP contribution in [0.3, 0.4) is 0 Å². The Morgan fingerprint density at radius 1 is 0.684 bits per heavy atom. The Bertz CT molecular complexity index is 155. The third-order valence-corrected chi connectivity index (χ3v) is 2.95. The van der Waals surface area contributed by atoms with Crippen LogP contribution in [0.4, 0.5) is 0 Å². The molecule has 0 amide bonds. The van der Waals surface area contributed by atoms with Crippen molar-refractivity contribution in [2.75, 3.05) is 0 Å². The first-order valence-electron chi connectivity index (χ1n) is 7.90. The van der Waals surface area contributed by atoms with Crippen molar-refractivity contribution in [2.24, 2.45) is 0 Å². The highest BCUT2D eigenvalue weighted by molar-refractivity contribution is 5.66. The van der Waals surface area contributed by atoms with Gasteiger partial charge >= 0.3 is 5.97 Å². The molecule has 0 aliphatic rings. The molecule has 0 unspecified atom stereocenters. The minimum Gasteiger partial charge on any atom is -0.481 e. The van der Waals surface area contributed by atoms with E-state index in [0.717, 1.165) is 12.8 Å². The third kappa shape index (κ3) is 31.8. The molecule has 0 saturated carbocycles. The number of rotatable bonds is 11. The summed E-state index contributed by atoms with van der Waals surface area (Å²) in [5.41, 5.74) is 0. The average molecular weight is 275 g/mol. The van der Waals surface area contributed by atoms with Gasteiger partial charge in [-0.1, -0.05) is 85.0 Å². The Kier molecular flexibility index (Phi) is 28.0. The Hall–Kier alpha value is -0.570. The standard InChI is InChI=1S/C8H16O2.C8H18.H3N/c1-2-3-4-5-6-7-8(9)10;1-3-5-7-8-6-4-2;/h2-7H2,1H3,(H,9,10);3-8H2,1-2H3;1H3. The molecule has 0 aliphatic carbocycles. The maximum Gasteiger partial charge on any atom is 0.303 e. The van der Waals surface area contributed by atoms with Crippen molar-refractivity contribution in [3.63, 3.8) is 0 Å². The van der Waals surface area contributed by atoms with E-state index in [4.69, 9.17) is 5.11 Å². The maximum atomic E-state index is 10.0. The molecule has 0 saturated heterocycles. The van der Waals surface area contributed by atoms with Crippen LogP contribution in [-0.2, 0) is 4.79 Å². The summed E-state index contributed by atoms with van der Waals surface area (Å²) in [5, 5.41) is 8.27. The molecule has 4 N–H and O–H groups in total. The van der Waals surface area contributed by atoms with Gasteiger partial charge in [-0.15, -0.1) is 0 Å². The number of carbonyl (C=O) groups is 1. The number of hydrogen-bond donors (Lipinski definition) is 2. The van der Waals surface area contributed by atoms with E-state index in [-0.39, 0.29) is 6.15 Å². The van der Waals surface area contributed by atoms with Crippen molar-refractivity contribution in [3.05, 3.63) is 0 Å². The highest BCUT2D eigenvalue weighted by atomic mass is 16.4. The molecule has 0 aromatic carbocycles. The van der Waals surface area contributed by atoms with Gasteiger partial charge in [0.05, 0.1) is 0 Å². The van der Waals surface area contributed by atoms with Gasteiger partial charge in [-0.2, -0.15) is 0 Å². The smallest absolute Gasteiger partial charge is 0.303 e. The van der Waals surface area contributed by atoms with Crippen LogP contribution in [0.2, 0.25) is 0 Å². The van der Waals surface area contributed by atoms with Gasteiger partial charge in [0, 0.05) is 6.42 Å². The summed E-state index contributed by atoms with van der Waals surface area (Å²) in [5.74, 6) is -0.670. The van der Waals surface area contributed by atoms with E-state index < -0.39 is 5.97 Å². The maximum absolute atomic E-state index is 10.0. The van der Waals surface area contributed by atoms with E-state index in [1.165, 1.54) is 57.8 Å². The SMILES string of the molecule is CCCCCCCC.CCCCCCCC(=O)O.N. The van der Waals surface area contributed by atoms with Crippen LogP contribution in [0.15, 0.2) is 0 Å². The predicted octanol–water partition coefficient (Wildman–Crippen LogP) is 5.96. The lowest BCUT2D eigenvalue weighted by Gasteiger charge is -1.95. The van der Waals surface area contributed by atoms with E-state index in [1.807, 2.05) is 0 Å². The first-order chi connectivity index (χ1) is 8.68. The lowest BCUT2D eigenvalue weighted by Crippen LogP contribution is -1.93. The van der Waals surface area contributed by atoms with Crippen LogP contribution < -0.4 is 6.15 Å². The van der Waals surface area contributed by atoms with Crippen LogP contribution in [0.25, 0.3) is 0 Å². The highest BCUT2D eigenvalue weighted by Gasteiger charge is 1.94. The summed E-state index contributed by atoms with van der Waals surface area (Å²) in [4.78, 5) is 10.0. The van der Waals surface area contributed by atoms with E-state index >= 15 is 0 Å². The first-order valence-corrected chi connectivity index (χ1v) is 7.90. The molecular formula is C16H37NO2. The lowest BCUT2D eigenvalue weighted by molar-refractivity contribution is -0.137. The first kappa shape index (κ1) is 23.5. The van der Waals surface area contributed by atoms with E-state index in [2.05, 4.69) is 20.8 Å². The topological polar surface area (TPSA) is 72.3 Å². The molecule has 3 nitrogen and oxygen atoms in total. The molecule has 0 aromatic rings. The van der Waals surface area contributed by atoms with Crippen LogP contribution in [0.1, 0.15) is 97.8 Å². The van der Waals surface area contributed by atoms with Crippen molar-refractivity contribution in [1.82, 2.24) is 6.15 Å². The van der Waals surface area contributed by atoms with Crippen molar-refractivity contribution in [2.45, 2.75) is 97.8 Å². The zero-order valence-corrected chi connectivity index (χ0v) is 13.5. The normalized spacial score (nSPS) is 9.21. The predicted molar refractivity (Wildman–Crippen MR) is 85.1 cm³/mol. The summed E-state index contributed by atoms with van der Waals surface area (Å²) >= 11 is 0. The molecule has 0 spiro atoms. The van der Waals surface area contributed by atoms with Gasteiger partial charge in [0.25, 0.3) is 0 Å². The molecule has 0 fully saturated rings. The van der Waals surface area contributed by atoms with Gasteiger partial charge in [0.15, 0.2) is 0 Å². The molecule has 3 heteroatoms. The molecular weight excluding hydrogens is 238 g/mol. The van der Waals surface area contributed by atoms with Gasteiger partial charge in [0.2, 0.25) is 0 Å². The number of aliphatic carboxylic acids is 1. The largest absolute Gasteiger partial charge is 0.481 e. The molecule has 0 atom stereocenters. The molecule has 0 aliphatic heterocycles. The van der Waals surface area contributed by atoms with Crippen LogP contribution in [-0.4, -0.2) is 11.1 Å². The minimum atomic E-state index is -0.670. The molecule has 0 radical (unpaired) electrons. The second-order valence-corrected chi connectivity index (χ2v) is 4.97. The van der Waals surface area contributed by atoms with E-state index in [0.29, 0.717) is 6.42 Å².